The number of aryl methyl sites for hydroxylation is 1. The number of aliphatic hydroxyl groups excluding tert-OH is 1. The number of aromatic nitrogens is 2. The van der Waals surface area contributed by atoms with Crippen molar-refractivity contribution in [1.82, 2.24) is 14.5 Å². The van der Waals surface area contributed by atoms with Crippen molar-refractivity contribution >= 4 is 41.5 Å². The molecule has 0 spiro atoms. The molecule has 1 aliphatic rings. The largest absolute Gasteiger partial charge is 0.449 e. The molecule has 5 nitrogen and oxygen atoms in total. The Labute approximate surface area is 197 Å². The van der Waals surface area contributed by atoms with Crippen LogP contribution in [0.15, 0.2) is 48.5 Å². The number of anilines is 1. The molecule has 3 aromatic rings. The van der Waals surface area contributed by atoms with E-state index in [4.69, 9.17) is 0 Å². The molecule has 0 aliphatic carbocycles. The summed E-state index contributed by atoms with van der Waals surface area (Å²) in [5, 5.41) is 10.6. The van der Waals surface area contributed by atoms with Gasteiger partial charge in [-0.25, -0.2) is 4.98 Å². The molecule has 1 unspecified atom stereocenters. The van der Waals surface area contributed by atoms with Crippen LogP contribution in [0.2, 0.25) is 0 Å². The van der Waals surface area contributed by atoms with Crippen LogP contribution in [0.5, 0.6) is 0 Å². The fourth-order valence-corrected chi connectivity index (χ4v) is 3.99. The number of benzene rings is 2. The SMILES string of the molecule is Cc1ccc(N2CCN(CC(O)Cn3c(C(F)(F)F)nc4ccccc43)CC2)cc1.Cl.Cl. The lowest BCUT2D eigenvalue weighted by molar-refractivity contribution is -0.147. The molecule has 2 aromatic carbocycles. The fraction of sp³-hybridized carbons (Fsp3) is 0.409. The van der Waals surface area contributed by atoms with Gasteiger partial charge in [-0.3, -0.25) is 4.90 Å². The van der Waals surface area contributed by atoms with E-state index in [2.05, 4.69) is 46.0 Å². The van der Waals surface area contributed by atoms with Gasteiger partial charge in [-0.2, -0.15) is 13.2 Å². The average Bonchev–Trinajstić information content (AvgIpc) is 3.08. The van der Waals surface area contributed by atoms with Crippen molar-refractivity contribution in [2.75, 3.05) is 37.6 Å². The third-order valence-corrected chi connectivity index (χ3v) is 5.54. The minimum absolute atomic E-state index is 0. The second-order valence-electron chi connectivity index (χ2n) is 7.81. The maximum absolute atomic E-state index is 13.4. The minimum Gasteiger partial charge on any atom is -0.390 e. The molecule has 1 fully saturated rings. The number of para-hydroxylation sites is 2. The van der Waals surface area contributed by atoms with Gasteiger partial charge in [0.1, 0.15) is 0 Å². The van der Waals surface area contributed by atoms with Crippen molar-refractivity contribution in [3.8, 4) is 0 Å². The monoisotopic (exact) mass is 490 g/mol. The van der Waals surface area contributed by atoms with Crippen molar-refractivity contribution < 1.29 is 18.3 Å². The van der Waals surface area contributed by atoms with Crippen LogP contribution in [-0.2, 0) is 12.7 Å². The smallest absolute Gasteiger partial charge is 0.390 e. The van der Waals surface area contributed by atoms with Crippen LogP contribution < -0.4 is 4.90 Å². The Morgan fingerprint density at radius 3 is 2.19 bits per heavy atom. The van der Waals surface area contributed by atoms with Crippen LogP contribution in [0.4, 0.5) is 18.9 Å². The van der Waals surface area contributed by atoms with Crippen molar-refractivity contribution in [3.05, 3.63) is 59.9 Å². The molecule has 0 amide bonds. The Hall–Kier alpha value is -2.00. The lowest BCUT2D eigenvalue weighted by atomic mass is 10.2. The second-order valence-corrected chi connectivity index (χ2v) is 7.81. The molecule has 1 aromatic heterocycles. The number of alkyl halides is 3. The third-order valence-electron chi connectivity index (χ3n) is 5.54. The van der Waals surface area contributed by atoms with E-state index in [1.807, 2.05) is 0 Å². The van der Waals surface area contributed by atoms with E-state index in [1.54, 1.807) is 24.3 Å². The van der Waals surface area contributed by atoms with E-state index >= 15 is 0 Å². The number of hydrogen-bond donors (Lipinski definition) is 1. The molecule has 0 bridgehead atoms. The van der Waals surface area contributed by atoms with E-state index < -0.39 is 18.1 Å². The van der Waals surface area contributed by atoms with Gasteiger partial charge in [0.15, 0.2) is 0 Å². The number of halogens is 5. The first-order valence-electron chi connectivity index (χ1n) is 10.1. The standard InChI is InChI=1S/C22H25F3N4O.2ClH/c1-16-6-8-17(9-7-16)28-12-10-27(11-13-28)14-18(30)15-29-20-5-3-2-4-19(20)26-21(29)22(23,24)25;;/h2-9,18,30H,10-15H2,1H3;2*1H. The lowest BCUT2D eigenvalue weighted by Gasteiger charge is -2.37. The van der Waals surface area contributed by atoms with Crippen LogP contribution in [0.1, 0.15) is 11.4 Å². The van der Waals surface area contributed by atoms with Crippen LogP contribution in [-0.4, -0.2) is 58.4 Å². The zero-order chi connectivity index (χ0) is 21.3. The molecule has 0 radical (unpaired) electrons. The number of piperazine rings is 1. The second kappa shape index (κ2) is 10.7. The predicted molar refractivity (Wildman–Crippen MR) is 125 cm³/mol. The quantitative estimate of drug-likeness (QED) is 0.575. The first kappa shape index (κ1) is 26.3. The van der Waals surface area contributed by atoms with Gasteiger partial charge >= 0.3 is 6.18 Å². The molecule has 1 N–H and O–H groups in total. The van der Waals surface area contributed by atoms with Gasteiger partial charge in [0.05, 0.1) is 23.7 Å². The Morgan fingerprint density at radius 1 is 0.938 bits per heavy atom. The number of rotatable bonds is 5. The summed E-state index contributed by atoms with van der Waals surface area (Å²) in [5.41, 5.74) is 3.04. The highest BCUT2D eigenvalue weighted by Gasteiger charge is 2.38. The minimum atomic E-state index is -4.57. The summed E-state index contributed by atoms with van der Waals surface area (Å²) in [4.78, 5) is 8.12. The molecule has 1 atom stereocenters. The van der Waals surface area contributed by atoms with Gasteiger partial charge in [-0.15, -0.1) is 24.8 Å². The molecule has 2 heterocycles. The molecule has 4 rings (SSSR count). The Morgan fingerprint density at radius 2 is 1.56 bits per heavy atom. The topological polar surface area (TPSA) is 44.5 Å². The number of hydrogen-bond acceptors (Lipinski definition) is 4. The molecule has 10 heteroatoms. The van der Waals surface area contributed by atoms with E-state index in [0.717, 1.165) is 30.7 Å². The number of nitrogens with zero attached hydrogens (tertiary/aromatic N) is 4. The van der Waals surface area contributed by atoms with Gasteiger partial charge in [-0.1, -0.05) is 29.8 Å². The Balaban J connectivity index is 0.00000181. The van der Waals surface area contributed by atoms with Gasteiger partial charge < -0.3 is 14.6 Å². The van der Waals surface area contributed by atoms with Gasteiger partial charge in [0.25, 0.3) is 0 Å². The molecule has 0 saturated carbocycles. The molecule has 176 valence electrons. The zero-order valence-corrected chi connectivity index (χ0v) is 19.3. The zero-order valence-electron chi connectivity index (χ0n) is 17.6. The summed E-state index contributed by atoms with van der Waals surface area (Å²) < 4.78 is 41.4. The van der Waals surface area contributed by atoms with E-state index in [1.165, 1.54) is 11.3 Å². The summed E-state index contributed by atoms with van der Waals surface area (Å²) in [5.74, 6) is -0.966. The molecule has 1 aliphatic heterocycles. The van der Waals surface area contributed by atoms with E-state index in [0.29, 0.717) is 12.1 Å². The average molecular weight is 491 g/mol. The van der Waals surface area contributed by atoms with Crippen LogP contribution in [0.3, 0.4) is 0 Å². The highest BCUT2D eigenvalue weighted by Crippen LogP contribution is 2.31. The Bertz CT molecular complexity index is 1000. The summed E-state index contributed by atoms with van der Waals surface area (Å²) >= 11 is 0. The first-order valence-corrected chi connectivity index (χ1v) is 10.1. The summed E-state index contributed by atoms with van der Waals surface area (Å²) in [6, 6.07) is 14.9. The van der Waals surface area contributed by atoms with E-state index in [9.17, 15) is 18.3 Å². The fourth-order valence-electron chi connectivity index (χ4n) is 3.99. The van der Waals surface area contributed by atoms with Gasteiger partial charge in [-0.05, 0) is 31.2 Å². The highest BCUT2D eigenvalue weighted by atomic mass is 35.5. The lowest BCUT2D eigenvalue weighted by Crippen LogP contribution is -2.49. The summed E-state index contributed by atoms with van der Waals surface area (Å²) in [7, 11) is 0. The van der Waals surface area contributed by atoms with Crippen molar-refractivity contribution in [2.45, 2.75) is 25.7 Å². The summed E-state index contributed by atoms with van der Waals surface area (Å²) in [6.45, 7) is 5.37. The third kappa shape index (κ3) is 5.86. The molecular formula is C22H27Cl2F3N4O. The first-order chi connectivity index (χ1) is 14.3. The highest BCUT2D eigenvalue weighted by molar-refractivity contribution is 5.85. The summed E-state index contributed by atoms with van der Waals surface area (Å²) in [6.07, 6.45) is -5.49. The van der Waals surface area contributed by atoms with Crippen molar-refractivity contribution in [1.29, 1.82) is 0 Å². The number of fused-ring (bicyclic) bond motifs is 1. The molecular weight excluding hydrogens is 464 g/mol. The maximum atomic E-state index is 13.4. The van der Waals surface area contributed by atoms with Crippen LogP contribution in [0.25, 0.3) is 11.0 Å². The van der Waals surface area contributed by atoms with Crippen LogP contribution in [0, 0.1) is 6.92 Å². The van der Waals surface area contributed by atoms with Gasteiger partial charge in [0, 0.05) is 38.4 Å². The van der Waals surface area contributed by atoms with Crippen molar-refractivity contribution in [2.24, 2.45) is 0 Å². The predicted octanol–water partition coefficient (Wildman–Crippen LogP) is 4.39. The normalized spacial score (nSPS) is 15.8. The number of aliphatic hydroxyl groups is 1. The molecule has 1 saturated heterocycles. The molecule has 32 heavy (non-hydrogen) atoms. The number of β-amino-alcohol motifs (C(OH)–C–C–N with tert-alkyl or cyclic N) is 1. The number of imidazole rings is 1. The van der Waals surface area contributed by atoms with Crippen LogP contribution >= 0.6 is 24.8 Å². The van der Waals surface area contributed by atoms with E-state index in [-0.39, 0.29) is 36.9 Å². The van der Waals surface area contributed by atoms with Crippen molar-refractivity contribution in [3.63, 3.8) is 0 Å². The van der Waals surface area contributed by atoms with Gasteiger partial charge in [0.2, 0.25) is 5.82 Å². The maximum Gasteiger partial charge on any atom is 0.449 e. The Kier molecular flexibility index (Phi) is 8.82.